The number of fused-ring (bicyclic) bond motifs is 1. The first-order valence-electron chi connectivity index (χ1n) is 10.1. The van der Waals surface area contributed by atoms with Crippen LogP contribution in [-0.2, 0) is 6.54 Å². The number of benzene rings is 1. The summed E-state index contributed by atoms with van der Waals surface area (Å²) < 4.78 is 5.31. The summed E-state index contributed by atoms with van der Waals surface area (Å²) in [5.74, 6) is 1.45. The maximum absolute atomic E-state index is 12.6. The van der Waals surface area contributed by atoms with E-state index in [0.29, 0.717) is 29.2 Å². The zero-order valence-corrected chi connectivity index (χ0v) is 17.0. The Kier molecular flexibility index (Phi) is 4.76. The topological polar surface area (TPSA) is 71.3 Å². The van der Waals surface area contributed by atoms with Gasteiger partial charge in [-0.05, 0) is 30.9 Å². The molecule has 1 aromatic carbocycles. The Labute approximate surface area is 174 Å². The van der Waals surface area contributed by atoms with E-state index < -0.39 is 0 Å². The van der Waals surface area contributed by atoms with Gasteiger partial charge in [-0.3, -0.25) is 9.69 Å². The van der Waals surface area contributed by atoms with Crippen molar-refractivity contribution in [3.63, 3.8) is 0 Å². The summed E-state index contributed by atoms with van der Waals surface area (Å²) in [6.45, 7) is 4.52. The molecule has 1 amide bonds. The predicted molar refractivity (Wildman–Crippen MR) is 111 cm³/mol. The Morgan fingerprint density at radius 2 is 2.10 bits per heavy atom. The summed E-state index contributed by atoms with van der Waals surface area (Å²) in [6, 6.07) is 11.9. The van der Waals surface area contributed by atoms with Gasteiger partial charge in [0.15, 0.2) is 5.69 Å². The molecular weight excluding hydrogens is 388 g/mol. The fourth-order valence-electron chi connectivity index (χ4n) is 4.07. The molecule has 2 atom stereocenters. The van der Waals surface area contributed by atoms with E-state index in [1.54, 1.807) is 6.07 Å². The number of carbonyl (C=O) groups is 1. The van der Waals surface area contributed by atoms with Gasteiger partial charge in [-0.1, -0.05) is 41.9 Å². The molecule has 150 valence electrons. The Morgan fingerprint density at radius 3 is 2.93 bits per heavy atom. The summed E-state index contributed by atoms with van der Waals surface area (Å²) in [6.07, 6.45) is 2.24. The third-order valence-electron chi connectivity index (χ3n) is 5.89. The van der Waals surface area contributed by atoms with Gasteiger partial charge in [0.2, 0.25) is 0 Å². The van der Waals surface area contributed by atoms with Crippen molar-refractivity contribution < 1.29 is 9.32 Å². The van der Waals surface area contributed by atoms with Crippen molar-refractivity contribution in [2.75, 3.05) is 13.1 Å². The van der Waals surface area contributed by atoms with Crippen molar-refractivity contribution in [2.24, 2.45) is 5.92 Å². The fraction of sp³-hybridized carbons (Fsp3) is 0.409. The molecule has 0 radical (unpaired) electrons. The number of amides is 1. The molecular formula is C22H23ClN4O2. The molecule has 2 fully saturated rings. The minimum absolute atomic E-state index is 0.0655. The molecule has 1 aliphatic heterocycles. The molecule has 0 spiro atoms. The van der Waals surface area contributed by atoms with E-state index in [9.17, 15) is 4.79 Å². The molecule has 1 saturated carbocycles. The van der Waals surface area contributed by atoms with E-state index in [-0.39, 0.29) is 11.9 Å². The molecule has 2 aromatic heterocycles. The molecule has 2 unspecified atom stereocenters. The van der Waals surface area contributed by atoms with Gasteiger partial charge < -0.3 is 9.84 Å². The van der Waals surface area contributed by atoms with E-state index in [4.69, 9.17) is 16.1 Å². The average Bonchev–Trinajstić information content (AvgIpc) is 3.33. The summed E-state index contributed by atoms with van der Waals surface area (Å²) in [5, 5.41) is 8.70. The Morgan fingerprint density at radius 1 is 1.28 bits per heavy atom. The number of rotatable bonds is 5. The van der Waals surface area contributed by atoms with E-state index in [2.05, 4.69) is 33.3 Å². The minimum atomic E-state index is -0.162. The van der Waals surface area contributed by atoms with Crippen LogP contribution in [0.5, 0.6) is 0 Å². The van der Waals surface area contributed by atoms with Gasteiger partial charge in [-0.2, -0.15) is 0 Å². The van der Waals surface area contributed by atoms with Gasteiger partial charge in [0.25, 0.3) is 5.91 Å². The number of hydrogen-bond acceptors (Lipinski definition) is 5. The Balaban J connectivity index is 1.24. The first kappa shape index (κ1) is 18.6. The number of nitrogens with zero attached hydrogens (tertiary/aromatic N) is 3. The molecule has 3 heterocycles. The van der Waals surface area contributed by atoms with Crippen molar-refractivity contribution in [3.8, 4) is 0 Å². The molecule has 29 heavy (non-hydrogen) atoms. The summed E-state index contributed by atoms with van der Waals surface area (Å²) in [4.78, 5) is 19.4. The van der Waals surface area contributed by atoms with Crippen molar-refractivity contribution in [1.29, 1.82) is 0 Å². The number of pyridine rings is 1. The number of halogens is 1. The van der Waals surface area contributed by atoms with Gasteiger partial charge in [-0.15, -0.1) is 0 Å². The Hall–Kier alpha value is -2.44. The SMILES string of the molecule is CC1CN(Cc2cc3ccccc3nc2Cl)CC1NC(=O)c1cc(C2CC2)on1. The average molecular weight is 411 g/mol. The molecule has 1 N–H and O–H groups in total. The van der Waals surface area contributed by atoms with E-state index in [0.717, 1.165) is 48.2 Å². The lowest BCUT2D eigenvalue weighted by molar-refractivity contribution is 0.0922. The zero-order valence-electron chi connectivity index (χ0n) is 16.3. The third kappa shape index (κ3) is 3.87. The summed E-state index contributed by atoms with van der Waals surface area (Å²) >= 11 is 6.43. The highest BCUT2D eigenvalue weighted by Gasteiger charge is 2.33. The molecule has 7 heteroatoms. The van der Waals surface area contributed by atoms with Crippen LogP contribution in [-0.4, -0.2) is 40.1 Å². The van der Waals surface area contributed by atoms with Crippen molar-refractivity contribution in [3.05, 3.63) is 58.6 Å². The zero-order chi connectivity index (χ0) is 20.0. The number of likely N-dealkylation sites (tertiary alicyclic amines) is 1. The van der Waals surface area contributed by atoms with Crippen LogP contribution in [0, 0.1) is 5.92 Å². The highest BCUT2D eigenvalue weighted by Crippen LogP contribution is 2.40. The molecule has 0 bridgehead atoms. The second kappa shape index (κ2) is 7.43. The smallest absolute Gasteiger partial charge is 0.273 e. The number of nitrogens with one attached hydrogen (secondary N) is 1. The van der Waals surface area contributed by atoms with Crippen molar-refractivity contribution >= 4 is 28.4 Å². The largest absolute Gasteiger partial charge is 0.360 e. The lowest BCUT2D eigenvalue weighted by atomic mass is 10.1. The van der Waals surface area contributed by atoms with Crippen molar-refractivity contribution in [1.82, 2.24) is 20.4 Å². The van der Waals surface area contributed by atoms with Crippen LogP contribution in [0.4, 0.5) is 0 Å². The van der Waals surface area contributed by atoms with Gasteiger partial charge in [0.05, 0.1) is 5.52 Å². The highest BCUT2D eigenvalue weighted by molar-refractivity contribution is 6.30. The first-order valence-corrected chi connectivity index (χ1v) is 10.5. The van der Waals surface area contributed by atoms with Crippen molar-refractivity contribution in [2.45, 2.75) is 38.3 Å². The molecule has 2 aliphatic rings. The number of carbonyl (C=O) groups excluding carboxylic acids is 1. The van der Waals surface area contributed by atoms with Gasteiger partial charge in [0, 0.05) is 48.6 Å². The number of aromatic nitrogens is 2. The maximum atomic E-state index is 12.6. The first-order chi connectivity index (χ1) is 14.1. The summed E-state index contributed by atoms with van der Waals surface area (Å²) in [5.41, 5.74) is 2.29. The van der Waals surface area contributed by atoms with Crippen LogP contribution < -0.4 is 5.32 Å². The van der Waals surface area contributed by atoms with E-state index >= 15 is 0 Å². The third-order valence-corrected chi connectivity index (χ3v) is 6.22. The molecule has 1 saturated heterocycles. The second-order valence-electron chi connectivity index (χ2n) is 8.27. The lowest BCUT2D eigenvalue weighted by Crippen LogP contribution is -2.40. The van der Waals surface area contributed by atoms with E-state index in [1.807, 2.05) is 24.3 Å². The second-order valence-corrected chi connectivity index (χ2v) is 8.63. The number of hydrogen-bond donors (Lipinski definition) is 1. The highest BCUT2D eigenvalue weighted by atomic mass is 35.5. The molecule has 6 nitrogen and oxygen atoms in total. The molecule has 1 aliphatic carbocycles. The quantitative estimate of drug-likeness (QED) is 0.643. The van der Waals surface area contributed by atoms with Crippen LogP contribution in [0.2, 0.25) is 5.15 Å². The lowest BCUT2D eigenvalue weighted by Gasteiger charge is -2.17. The van der Waals surface area contributed by atoms with Crippen LogP contribution in [0.3, 0.4) is 0 Å². The fourth-order valence-corrected chi connectivity index (χ4v) is 4.28. The molecule has 3 aromatic rings. The van der Waals surface area contributed by atoms with Crippen LogP contribution in [0.1, 0.15) is 47.5 Å². The summed E-state index contributed by atoms with van der Waals surface area (Å²) in [7, 11) is 0. The van der Waals surface area contributed by atoms with Gasteiger partial charge in [-0.25, -0.2) is 4.98 Å². The maximum Gasteiger partial charge on any atom is 0.273 e. The normalized spacial score (nSPS) is 22.3. The van der Waals surface area contributed by atoms with Crippen LogP contribution in [0.15, 0.2) is 40.9 Å². The molecule has 5 rings (SSSR count). The van der Waals surface area contributed by atoms with Crippen LogP contribution >= 0.6 is 11.6 Å². The van der Waals surface area contributed by atoms with E-state index in [1.165, 1.54) is 0 Å². The monoisotopic (exact) mass is 410 g/mol. The minimum Gasteiger partial charge on any atom is -0.360 e. The standard InChI is InChI=1S/C22H23ClN4O2/c1-13-10-27(11-16-8-15-4-2-3-5-17(15)24-21(16)23)12-19(13)25-22(28)18-9-20(29-26-18)14-6-7-14/h2-5,8-9,13-14,19H,6-7,10-12H2,1H3,(H,25,28). The number of para-hydroxylation sites is 1. The van der Waals surface area contributed by atoms with Crippen LogP contribution in [0.25, 0.3) is 10.9 Å². The predicted octanol–water partition coefficient (Wildman–Crippen LogP) is 4.00. The van der Waals surface area contributed by atoms with Gasteiger partial charge in [0.1, 0.15) is 10.9 Å². The van der Waals surface area contributed by atoms with Gasteiger partial charge >= 0.3 is 0 Å². The Bertz CT molecular complexity index is 1060.